The van der Waals surface area contributed by atoms with E-state index in [0.717, 1.165) is 12.8 Å². The zero-order valence-electron chi connectivity index (χ0n) is 11.9. The fraction of sp³-hybridized carbons (Fsp3) is 0.846. The average molecular weight is 308 g/mol. The SMILES string of the molecule is CCCCCC(C(=O)O)C(=O)[C@H](O)[C@@H](O)[C@H](O)[C@H](O)CO. The molecule has 0 saturated carbocycles. The van der Waals surface area contributed by atoms with E-state index >= 15 is 0 Å². The van der Waals surface area contributed by atoms with Gasteiger partial charge < -0.3 is 30.6 Å². The second-order valence-electron chi connectivity index (χ2n) is 4.96. The molecule has 8 heteroatoms. The lowest BCUT2D eigenvalue weighted by atomic mass is 9.89. The number of carbonyl (C=O) groups is 2. The highest BCUT2D eigenvalue weighted by molar-refractivity contribution is 6.00. The number of aliphatic hydroxyl groups excluding tert-OH is 5. The van der Waals surface area contributed by atoms with Gasteiger partial charge in [0, 0.05) is 0 Å². The van der Waals surface area contributed by atoms with E-state index in [-0.39, 0.29) is 6.42 Å². The molecule has 0 aliphatic rings. The molecule has 0 saturated heterocycles. The van der Waals surface area contributed by atoms with Crippen LogP contribution in [-0.4, -0.2) is 73.4 Å². The molecule has 0 fully saturated rings. The number of carbonyl (C=O) groups excluding carboxylic acids is 1. The van der Waals surface area contributed by atoms with E-state index in [1.54, 1.807) is 0 Å². The number of hydrogen-bond donors (Lipinski definition) is 6. The maximum atomic E-state index is 11.9. The molecule has 6 N–H and O–H groups in total. The second-order valence-corrected chi connectivity index (χ2v) is 4.96. The van der Waals surface area contributed by atoms with Crippen LogP contribution in [-0.2, 0) is 9.59 Å². The van der Waals surface area contributed by atoms with Gasteiger partial charge >= 0.3 is 5.97 Å². The van der Waals surface area contributed by atoms with Crippen LogP contribution in [0, 0.1) is 5.92 Å². The number of Topliss-reactive ketones (excluding diaryl/α,β-unsaturated/α-hetero) is 1. The van der Waals surface area contributed by atoms with Crippen molar-refractivity contribution in [3.63, 3.8) is 0 Å². The third-order valence-corrected chi connectivity index (χ3v) is 3.28. The van der Waals surface area contributed by atoms with Gasteiger partial charge in [0.15, 0.2) is 5.78 Å². The number of carboxylic acid groups (broad SMARTS) is 1. The predicted molar refractivity (Wildman–Crippen MR) is 71.4 cm³/mol. The maximum absolute atomic E-state index is 11.9. The first kappa shape index (κ1) is 19.9. The zero-order valence-corrected chi connectivity index (χ0v) is 11.9. The predicted octanol–water partition coefficient (Wildman–Crippen LogP) is -1.73. The van der Waals surface area contributed by atoms with Gasteiger partial charge in [-0.15, -0.1) is 0 Å². The van der Waals surface area contributed by atoms with Crippen LogP contribution < -0.4 is 0 Å². The van der Waals surface area contributed by atoms with Crippen molar-refractivity contribution in [1.29, 1.82) is 0 Å². The molecule has 0 radical (unpaired) electrons. The van der Waals surface area contributed by atoms with Crippen LogP contribution in [0.5, 0.6) is 0 Å². The lowest BCUT2D eigenvalue weighted by Gasteiger charge is -2.26. The number of unbranched alkanes of at least 4 members (excludes halogenated alkanes) is 2. The van der Waals surface area contributed by atoms with Gasteiger partial charge in [-0.2, -0.15) is 0 Å². The van der Waals surface area contributed by atoms with Gasteiger partial charge in [0.05, 0.1) is 6.61 Å². The van der Waals surface area contributed by atoms with Crippen LogP contribution in [0.4, 0.5) is 0 Å². The summed E-state index contributed by atoms with van der Waals surface area (Å²) < 4.78 is 0. The molecule has 0 bridgehead atoms. The molecule has 1 unspecified atom stereocenters. The summed E-state index contributed by atoms with van der Waals surface area (Å²) in [6.45, 7) is 1.03. The van der Waals surface area contributed by atoms with E-state index < -0.39 is 48.7 Å². The van der Waals surface area contributed by atoms with Gasteiger partial charge in [0.25, 0.3) is 0 Å². The second kappa shape index (κ2) is 9.80. The highest BCUT2D eigenvalue weighted by Gasteiger charge is 2.39. The Morgan fingerprint density at radius 1 is 1.00 bits per heavy atom. The molecule has 0 aromatic heterocycles. The first-order chi connectivity index (χ1) is 9.77. The molecular formula is C13H24O8. The summed E-state index contributed by atoms with van der Waals surface area (Å²) in [5.74, 6) is -4.03. The Hall–Kier alpha value is -1.06. The van der Waals surface area contributed by atoms with Crippen LogP contribution in [0.2, 0.25) is 0 Å². The zero-order chi connectivity index (χ0) is 16.6. The number of carboxylic acids is 1. The molecule has 21 heavy (non-hydrogen) atoms. The molecule has 0 aliphatic carbocycles. The van der Waals surface area contributed by atoms with E-state index in [1.165, 1.54) is 0 Å². The number of hydrogen-bond acceptors (Lipinski definition) is 7. The van der Waals surface area contributed by atoms with Gasteiger partial charge in [0.1, 0.15) is 30.3 Å². The van der Waals surface area contributed by atoms with Crippen LogP contribution in [0.3, 0.4) is 0 Å². The Bertz CT molecular complexity index is 332. The average Bonchev–Trinajstić information content (AvgIpc) is 2.47. The first-order valence-corrected chi connectivity index (χ1v) is 6.87. The summed E-state index contributed by atoms with van der Waals surface area (Å²) >= 11 is 0. The van der Waals surface area contributed by atoms with Crippen molar-refractivity contribution < 1.29 is 40.2 Å². The topological polar surface area (TPSA) is 156 Å². The summed E-state index contributed by atoms with van der Waals surface area (Å²) in [5, 5.41) is 55.4. The van der Waals surface area contributed by atoms with E-state index in [4.69, 9.17) is 15.3 Å². The fourth-order valence-corrected chi connectivity index (χ4v) is 1.88. The minimum Gasteiger partial charge on any atom is -0.481 e. The number of aliphatic carboxylic acids is 1. The van der Waals surface area contributed by atoms with E-state index in [0.29, 0.717) is 6.42 Å². The number of ketones is 1. The van der Waals surface area contributed by atoms with Crippen LogP contribution in [0.1, 0.15) is 32.6 Å². The summed E-state index contributed by atoms with van der Waals surface area (Å²) in [6, 6.07) is 0. The largest absolute Gasteiger partial charge is 0.481 e. The molecule has 8 nitrogen and oxygen atoms in total. The highest BCUT2D eigenvalue weighted by Crippen LogP contribution is 2.16. The minimum absolute atomic E-state index is 0.0183. The Morgan fingerprint density at radius 3 is 2.00 bits per heavy atom. The van der Waals surface area contributed by atoms with E-state index in [9.17, 15) is 24.9 Å². The smallest absolute Gasteiger partial charge is 0.314 e. The Balaban J connectivity index is 4.79. The highest BCUT2D eigenvalue weighted by atomic mass is 16.4. The quantitative estimate of drug-likeness (QED) is 0.194. The molecule has 0 rings (SSSR count). The fourth-order valence-electron chi connectivity index (χ4n) is 1.88. The summed E-state index contributed by atoms with van der Waals surface area (Å²) in [6.07, 6.45) is -5.88. The lowest BCUT2D eigenvalue weighted by molar-refractivity contribution is -0.158. The van der Waals surface area contributed by atoms with Crippen molar-refractivity contribution in [3.05, 3.63) is 0 Å². The van der Waals surface area contributed by atoms with Crippen molar-refractivity contribution in [2.45, 2.75) is 57.0 Å². The monoisotopic (exact) mass is 308 g/mol. The first-order valence-electron chi connectivity index (χ1n) is 6.87. The number of rotatable bonds is 11. The molecule has 0 amide bonds. The Kier molecular flexibility index (Phi) is 9.31. The van der Waals surface area contributed by atoms with E-state index in [1.807, 2.05) is 6.92 Å². The van der Waals surface area contributed by atoms with Gasteiger partial charge in [-0.1, -0.05) is 26.2 Å². The normalized spacial score (nSPS) is 18.6. The Morgan fingerprint density at radius 2 is 1.57 bits per heavy atom. The van der Waals surface area contributed by atoms with Gasteiger partial charge in [-0.05, 0) is 6.42 Å². The molecular weight excluding hydrogens is 284 g/mol. The van der Waals surface area contributed by atoms with Gasteiger partial charge in [-0.25, -0.2) is 0 Å². The molecule has 0 aromatic rings. The van der Waals surface area contributed by atoms with Crippen LogP contribution in [0.15, 0.2) is 0 Å². The molecule has 0 heterocycles. The molecule has 124 valence electrons. The van der Waals surface area contributed by atoms with Crippen LogP contribution >= 0.6 is 0 Å². The summed E-state index contributed by atoms with van der Waals surface area (Å²) in [7, 11) is 0. The summed E-state index contributed by atoms with van der Waals surface area (Å²) in [5.41, 5.74) is 0. The maximum Gasteiger partial charge on any atom is 0.314 e. The van der Waals surface area contributed by atoms with Crippen molar-refractivity contribution >= 4 is 11.8 Å². The van der Waals surface area contributed by atoms with E-state index in [2.05, 4.69) is 0 Å². The van der Waals surface area contributed by atoms with Crippen LogP contribution in [0.25, 0.3) is 0 Å². The van der Waals surface area contributed by atoms with Crippen molar-refractivity contribution in [2.24, 2.45) is 5.92 Å². The standard InChI is InChI=1S/C13H24O8/c1-2-3-4-5-7(13(20)21)9(16)11(18)12(19)10(17)8(15)6-14/h7-8,10-12,14-15,17-19H,2-6H2,1H3,(H,20,21)/t7?,8-,10-,11+,12+/m1/s1. The lowest BCUT2D eigenvalue weighted by Crippen LogP contribution is -2.50. The molecule has 0 aromatic carbocycles. The van der Waals surface area contributed by atoms with Crippen molar-refractivity contribution in [1.82, 2.24) is 0 Å². The molecule has 0 spiro atoms. The van der Waals surface area contributed by atoms with Gasteiger partial charge in [-0.3, -0.25) is 9.59 Å². The van der Waals surface area contributed by atoms with Crippen molar-refractivity contribution in [3.8, 4) is 0 Å². The number of aliphatic hydroxyl groups is 5. The molecule has 5 atom stereocenters. The molecule has 0 aliphatic heterocycles. The minimum atomic E-state index is -2.15. The third-order valence-electron chi connectivity index (χ3n) is 3.28. The Labute approximate surface area is 122 Å². The third kappa shape index (κ3) is 6.06. The van der Waals surface area contributed by atoms with Gasteiger partial charge in [0.2, 0.25) is 0 Å². The summed E-state index contributed by atoms with van der Waals surface area (Å²) in [4.78, 5) is 22.9. The van der Waals surface area contributed by atoms with Crippen molar-refractivity contribution in [2.75, 3.05) is 6.61 Å².